The van der Waals surface area contributed by atoms with Crippen molar-refractivity contribution < 1.29 is 5.11 Å². The van der Waals surface area contributed by atoms with E-state index < -0.39 is 5.60 Å². The van der Waals surface area contributed by atoms with E-state index in [1.807, 2.05) is 69.3 Å². The predicted octanol–water partition coefficient (Wildman–Crippen LogP) is 3.95. The summed E-state index contributed by atoms with van der Waals surface area (Å²) < 4.78 is 0. The van der Waals surface area contributed by atoms with Gasteiger partial charge in [0.05, 0.1) is 0 Å². The molecule has 0 aliphatic rings. The van der Waals surface area contributed by atoms with Gasteiger partial charge in [-0.3, -0.25) is 0 Å². The number of aryl methyl sites for hydroxylation is 2. The molecule has 0 saturated heterocycles. The lowest BCUT2D eigenvalue weighted by Crippen LogP contribution is -2.28. The number of hydrogen-bond acceptors (Lipinski definition) is 1. The molecule has 18 heavy (non-hydrogen) atoms. The third-order valence-electron chi connectivity index (χ3n) is 3.69. The van der Waals surface area contributed by atoms with Gasteiger partial charge in [-0.25, -0.2) is 0 Å². The van der Waals surface area contributed by atoms with E-state index in [0.29, 0.717) is 6.42 Å². The Bertz CT molecular complexity index is 497. The minimum Gasteiger partial charge on any atom is -0.380 e. The van der Waals surface area contributed by atoms with Crippen LogP contribution in [-0.4, -0.2) is 5.11 Å². The van der Waals surface area contributed by atoms with Gasteiger partial charge in [-0.2, -0.15) is 0 Å². The Morgan fingerprint density at radius 3 is 1.56 bits per heavy atom. The highest BCUT2D eigenvalue weighted by atomic mass is 16.3. The molecule has 94 valence electrons. The second-order valence-electron chi connectivity index (χ2n) is 4.84. The summed E-state index contributed by atoms with van der Waals surface area (Å²) in [5.74, 6) is 0. The Morgan fingerprint density at radius 2 is 1.22 bits per heavy atom. The van der Waals surface area contributed by atoms with Crippen LogP contribution in [0.2, 0.25) is 0 Å². The van der Waals surface area contributed by atoms with Crippen LogP contribution in [0.3, 0.4) is 0 Å². The van der Waals surface area contributed by atoms with Gasteiger partial charge in [-0.1, -0.05) is 55.5 Å². The van der Waals surface area contributed by atoms with Crippen LogP contribution < -0.4 is 0 Å². The summed E-state index contributed by atoms with van der Waals surface area (Å²) in [5.41, 5.74) is 3.37. The number of benzene rings is 2. The molecule has 0 unspecified atom stereocenters. The van der Waals surface area contributed by atoms with E-state index in [-0.39, 0.29) is 0 Å². The molecule has 1 heteroatoms. The van der Waals surface area contributed by atoms with Crippen molar-refractivity contribution in [2.24, 2.45) is 0 Å². The molecular weight excluding hydrogens is 220 g/mol. The van der Waals surface area contributed by atoms with Gasteiger partial charge in [0.25, 0.3) is 0 Å². The predicted molar refractivity (Wildman–Crippen MR) is 75.6 cm³/mol. The zero-order chi connectivity index (χ0) is 13.2. The first kappa shape index (κ1) is 12.8. The fourth-order valence-corrected chi connectivity index (χ4v) is 2.60. The Hall–Kier alpha value is -1.60. The van der Waals surface area contributed by atoms with Gasteiger partial charge in [0.1, 0.15) is 5.60 Å². The monoisotopic (exact) mass is 240 g/mol. The van der Waals surface area contributed by atoms with Gasteiger partial charge in [-0.15, -0.1) is 0 Å². The average molecular weight is 240 g/mol. The van der Waals surface area contributed by atoms with Crippen LogP contribution in [0.4, 0.5) is 0 Å². The molecule has 0 radical (unpaired) electrons. The van der Waals surface area contributed by atoms with Crippen molar-refractivity contribution in [1.82, 2.24) is 0 Å². The fraction of sp³-hybridized carbons (Fsp3) is 0.294. The minimum atomic E-state index is -0.892. The SMILES string of the molecule is CCC(O)(c1ccccc1C)c1ccccc1C. The van der Waals surface area contributed by atoms with Gasteiger partial charge in [0, 0.05) is 0 Å². The van der Waals surface area contributed by atoms with E-state index in [2.05, 4.69) is 0 Å². The summed E-state index contributed by atoms with van der Waals surface area (Å²) >= 11 is 0. The molecule has 1 nitrogen and oxygen atoms in total. The maximum Gasteiger partial charge on any atom is 0.115 e. The molecule has 0 aliphatic carbocycles. The Labute approximate surface area is 109 Å². The second kappa shape index (κ2) is 4.95. The molecule has 1 N–H and O–H groups in total. The van der Waals surface area contributed by atoms with Gasteiger partial charge in [0.15, 0.2) is 0 Å². The summed E-state index contributed by atoms with van der Waals surface area (Å²) in [6.07, 6.45) is 0.669. The smallest absolute Gasteiger partial charge is 0.115 e. The molecule has 0 aliphatic heterocycles. The van der Waals surface area contributed by atoms with E-state index in [1.54, 1.807) is 0 Å². The summed E-state index contributed by atoms with van der Waals surface area (Å²) in [7, 11) is 0. The highest BCUT2D eigenvalue weighted by molar-refractivity contribution is 5.43. The Kier molecular flexibility index (Phi) is 3.53. The van der Waals surface area contributed by atoms with Crippen molar-refractivity contribution in [3.63, 3.8) is 0 Å². The van der Waals surface area contributed by atoms with Crippen LogP contribution in [-0.2, 0) is 5.60 Å². The lowest BCUT2D eigenvalue weighted by Gasteiger charge is -2.31. The topological polar surface area (TPSA) is 20.2 Å². The highest BCUT2D eigenvalue weighted by Crippen LogP contribution is 2.36. The van der Waals surface area contributed by atoms with Crippen molar-refractivity contribution in [1.29, 1.82) is 0 Å². The number of hydrogen-bond donors (Lipinski definition) is 1. The molecule has 0 aromatic heterocycles. The maximum atomic E-state index is 11.1. The van der Waals surface area contributed by atoms with E-state index in [1.165, 1.54) is 0 Å². The van der Waals surface area contributed by atoms with Gasteiger partial charge < -0.3 is 5.11 Å². The van der Waals surface area contributed by atoms with Gasteiger partial charge in [0.2, 0.25) is 0 Å². The van der Waals surface area contributed by atoms with Crippen LogP contribution in [0.15, 0.2) is 48.5 Å². The normalized spacial score (nSPS) is 11.6. The molecule has 2 rings (SSSR count). The largest absolute Gasteiger partial charge is 0.380 e. The first-order valence-corrected chi connectivity index (χ1v) is 6.44. The van der Waals surface area contributed by atoms with Gasteiger partial charge >= 0.3 is 0 Å². The van der Waals surface area contributed by atoms with Crippen molar-refractivity contribution in [3.8, 4) is 0 Å². The van der Waals surface area contributed by atoms with Crippen LogP contribution in [0, 0.1) is 13.8 Å². The van der Waals surface area contributed by atoms with Crippen LogP contribution >= 0.6 is 0 Å². The molecule has 0 bridgehead atoms. The molecule has 0 heterocycles. The number of rotatable bonds is 3. The third kappa shape index (κ3) is 2.06. The standard InChI is InChI=1S/C17H20O/c1-4-17(18,15-11-7-5-9-13(15)2)16-12-8-6-10-14(16)3/h5-12,18H,4H2,1-3H3. The lowest BCUT2D eigenvalue weighted by molar-refractivity contribution is 0.0752. The summed E-state index contributed by atoms with van der Waals surface area (Å²) in [6, 6.07) is 16.1. The first-order valence-electron chi connectivity index (χ1n) is 6.44. The lowest BCUT2D eigenvalue weighted by atomic mass is 9.80. The van der Waals surface area contributed by atoms with E-state index in [9.17, 15) is 5.11 Å². The quantitative estimate of drug-likeness (QED) is 0.861. The summed E-state index contributed by atoms with van der Waals surface area (Å²) in [5, 5.41) is 11.1. The van der Waals surface area contributed by atoms with Crippen molar-refractivity contribution in [3.05, 3.63) is 70.8 Å². The summed E-state index contributed by atoms with van der Waals surface area (Å²) in [4.78, 5) is 0. The van der Waals surface area contributed by atoms with Crippen molar-refractivity contribution in [2.45, 2.75) is 32.8 Å². The fourth-order valence-electron chi connectivity index (χ4n) is 2.60. The van der Waals surface area contributed by atoms with E-state index in [0.717, 1.165) is 22.3 Å². The van der Waals surface area contributed by atoms with E-state index in [4.69, 9.17) is 0 Å². The zero-order valence-electron chi connectivity index (χ0n) is 11.3. The minimum absolute atomic E-state index is 0.669. The molecule has 0 amide bonds. The maximum absolute atomic E-state index is 11.1. The molecule has 0 fully saturated rings. The van der Waals surface area contributed by atoms with E-state index >= 15 is 0 Å². The summed E-state index contributed by atoms with van der Waals surface area (Å²) in [6.45, 7) is 6.13. The zero-order valence-corrected chi connectivity index (χ0v) is 11.3. The van der Waals surface area contributed by atoms with Crippen molar-refractivity contribution in [2.75, 3.05) is 0 Å². The molecule has 0 saturated carbocycles. The number of aliphatic hydroxyl groups is 1. The molecule has 2 aromatic carbocycles. The second-order valence-corrected chi connectivity index (χ2v) is 4.84. The molecule has 2 aromatic rings. The average Bonchev–Trinajstić information content (AvgIpc) is 2.39. The molecular formula is C17H20O. The Balaban J connectivity index is 2.63. The Morgan fingerprint density at radius 1 is 0.833 bits per heavy atom. The highest BCUT2D eigenvalue weighted by Gasteiger charge is 2.31. The van der Waals surface area contributed by atoms with Gasteiger partial charge in [-0.05, 0) is 42.5 Å². The molecule has 0 atom stereocenters. The van der Waals surface area contributed by atoms with Crippen LogP contribution in [0.1, 0.15) is 35.6 Å². The van der Waals surface area contributed by atoms with Crippen LogP contribution in [0.5, 0.6) is 0 Å². The van der Waals surface area contributed by atoms with Crippen LogP contribution in [0.25, 0.3) is 0 Å². The molecule has 0 spiro atoms. The first-order chi connectivity index (χ1) is 8.59. The van der Waals surface area contributed by atoms with Crippen molar-refractivity contribution >= 4 is 0 Å². The third-order valence-corrected chi connectivity index (χ3v) is 3.69.